The molecule has 0 bridgehead atoms. The van der Waals surface area contributed by atoms with Gasteiger partial charge < -0.3 is 10.2 Å². The third-order valence-electron chi connectivity index (χ3n) is 5.84. The third kappa shape index (κ3) is 1.62. The van der Waals surface area contributed by atoms with Crippen molar-refractivity contribution in [3.8, 4) is 0 Å². The molecule has 2 heteroatoms. The van der Waals surface area contributed by atoms with E-state index >= 15 is 0 Å². The Morgan fingerprint density at radius 1 is 0.812 bits per heavy atom. The Morgan fingerprint density at radius 2 is 1.56 bits per heavy atom. The molecule has 0 saturated heterocycles. The molecule has 0 aliphatic heterocycles. The first-order valence-corrected chi connectivity index (χ1v) is 7.00. The van der Waals surface area contributed by atoms with Crippen molar-refractivity contribution in [2.75, 3.05) is 0 Å². The van der Waals surface area contributed by atoms with Gasteiger partial charge in [-0.05, 0) is 68.6 Å². The maximum Gasteiger partial charge on any atom is 0.0596 e. The second-order valence-electron chi connectivity index (χ2n) is 6.67. The zero-order valence-electron chi connectivity index (χ0n) is 10.1. The first-order valence-electron chi connectivity index (χ1n) is 7.00. The fraction of sp³-hybridized carbons (Fsp3) is 1.00. The fourth-order valence-electron chi connectivity index (χ4n) is 4.61. The molecule has 2 N–H and O–H groups in total. The lowest BCUT2D eigenvalue weighted by molar-refractivity contribution is -0.0144. The number of rotatable bonds is 0. The molecule has 0 aromatic rings. The van der Waals surface area contributed by atoms with Crippen LogP contribution in [-0.4, -0.2) is 22.4 Å². The predicted molar refractivity (Wildman–Crippen MR) is 63.0 cm³/mol. The van der Waals surface area contributed by atoms with Gasteiger partial charge in [-0.3, -0.25) is 0 Å². The van der Waals surface area contributed by atoms with Gasteiger partial charge in [0.25, 0.3) is 0 Å². The summed E-state index contributed by atoms with van der Waals surface area (Å²) in [6.45, 7) is 0. The predicted octanol–water partition coefficient (Wildman–Crippen LogP) is 2.62. The highest BCUT2D eigenvalue weighted by Gasteiger charge is 2.50. The van der Waals surface area contributed by atoms with Crippen LogP contribution >= 0.6 is 0 Å². The summed E-state index contributed by atoms with van der Waals surface area (Å²) >= 11 is 0. The first-order chi connectivity index (χ1) is 7.64. The van der Waals surface area contributed by atoms with Crippen molar-refractivity contribution < 1.29 is 10.2 Å². The van der Waals surface area contributed by atoms with Crippen LogP contribution in [0.25, 0.3) is 0 Å². The Hall–Kier alpha value is -0.0800. The van der Waals surface area contributed by atoms with Gasteiger partial charge in [-0.25, -0.2) is 0 Å². The van der Waals surface area contributed by atoms with Crippen LogP contribution in [0.15, 0.2) is 0 Å². The largest absolute Gasteiger partial charge is 0.393 e. The van der Waals surface area contributed by atoms with Gasteiger partial charge in [0.15, 0.2) is 0 Å². The molecule has 2 unspecified atom stereocenters. The minimum absolute atomic E-state index is 0.0313. The summed E-state index contributed by atoms with van der Waals surface area (Å²) in [7, 11) is 0. The molecular weight excluding hydrogens is 200 g/mol. The van der Waals surface area contributed by atoms with Gasteiger partial charge in [-0.2, -0.15) is 0 Å². The van der Waals surface area contributed by atoms with Gasteiger partial charge in [0, 0.05) is 0 Å². The SMILES string of the molecule is OC1CCC2(CCC3(CCCC3O)CC2)C1. The molecule has 2 atom stereocenters. The maximum absolute atomic E-state index is 10.1. The van der Waals surface area contributed by atoms with Crippen LogP contribution < -0.4 is 0 Å². The van der Waals surface area contributed by atoms with Crippen LogP contribution in [0.1, 0.15) is 64.2 Å². The molecule has 16 heavy (non-hydrogen) atoms. The molecule has 3 aliphatic rings. The third-order valence-corrected chi connectivity index (χ3v) is 5.84. The molecule has 2 spiro atoms. The minimum Gasteiger partial charge on any atom is -0.393 e. The van der Waals surface area contributed by atoms with Crippen LogP contribution in [0.2, 0.25) is 0 Å². The van der Waals surface area contributed by atoms with E-state index in [0.29, 0.717) is 5.41 Å². The number of hydrogen-bond acceptors (Lipinski definition) is 2. The van der Waals surface area contributed by atoms with E-state index in [9.17, 15) is 10.2 Å². The van der Waals surface area contributed by atoms with Crippen LogP contribution in [0, 0.1) is 10.8 Å². The zero-order valence-corrected chi connectivity index (χ0v) is 10.1. The van der Waals surface area contributed by atoms with Gasteiger partial charge in [-0.15, -0.1) is 0 Å². The average molecular weight is 224 g/mol. The van der Waals surface area contributed by atoms with Crippen molar-refractivity contribution in [1.29, 1.82) is 0 Å². The minimum atomic E-state index is -0.0393. The van der Waals surface area contributed by atoms with Crippen LogP contribution in [0.4, 0.5) is 0 Å². The van der Waals surface area contributed by atoms with Crippen molar-refractivity contribution in [2.24, 2.45) is 10.8 Å². The van der Waals surface area contributed by atoms with E-state index < -0.39 is 0 Å². The number of aliphatic hydroxyl groups is 2. The molecule has 3 rings (SSSR count). The van der Waals surface area contributed by atoms with E-state index in [-0.39, 0.29) is 17.6 Å². The molecule has 0 heterocycles. The molecule has 0 aromatic heterocycles. The van der Waals surface area contributed by atoms with Crippen molar-refractivity contribution >= 4 is 0 Å². The summed E-state index contributed by atoms with van der Waals surface area (Å²) in [4.78, 5) is 0. The highest BCUT2D eigenvalue weighted by molar-refractivity contribution is 5.01. The van der Waals surface area contributed by atoms with Crippen molar-refractivity contribution in [2.45, 2.75) is 76.4 Å². The summed E-state index contributed by atoms with van der Waals surface area (Å²) in [5.41, 5.74) is 0.728. The summed E-state index contributed by atoms with van der Waals surface area (Å²) in [6.07, 6.45) is 11.6. The standard InChI is InChI=1S/C14H24O2/c15-11-3-5-13(10-11)6-8-14(9-7-13)4-1-2-12(14)16/h11-12,15-16H,1-10H2. The summed E-state index contributed by atoms with van der Waals surface area (Å²) in [5.74, 6) is 0. The van der Waals surface area contributed by atoms with Gasteiger partial charge >= 0.3 is 0 Å². The summed E-state index contributed by atoms with van der Waals surface area (Å²) < 4.78 is 0. The second-order valence-corrected chi connectivity index (χ2v) is 6.67. The lowest BCUT2D eigenvalue weighted by Crippen LogP contribution is -2.38. The van der Waals surface area contributed by atoms with Crippen LogP contribution in [0.5, 0.6) is 0 Å². The molecule has 3 aliphatic carbocycles. The summed E-state index contributed by atoms with van der Waals surface area (Å²) in [5, 5.41) is 19.8. The molecule has 92 valence electrons. The highest BCUT2D eigenvalue weighted by Crippen LogP contribution is 2.58. The fourth-order valence-corrected chi connectivity index (χ4v) is 4.61. The van der Waals surface area contributed by atoms with E-state index in [4.69, 9.17) is 0 Å². The second kappa shape index (κ2) is 3.71. The van der Waals surface area contributed by atoms with Gasteiger partial charge in [-0.1, -0.05) is 6.42 Å². The summed E-state index contributed by atoms with van der Waals surface area (Å²) in [6, 6.07) is 0. The Kier molecular flexibility index (Phi) is 2.56. The van der Waals surface area contributed by atoms with E-state index in [1.807, 2.05) is 0 Å². The number of aliphatic hydroxyl groups excluding tert-OH is 2. The normalized spacial score (nSPS) is 52.9. The van der Waals surface area contributed by atoms with Crippen molar-refractivity contribution in [3.05, 3.63) is 0 Å². The van der Waals surface area contributed by atoms with Gasteiger partial charge in [0.05, 0.1) is 12.2 Å². The zero-order chi connectivity index (χ0) is 11.2. The van der Waals surface area contributed by atoms with Crippen molar-refractivity contribution in [1.82, 2.24) is 0 Å². The average Bonchev–Trinajstić information content (AvgIpc) is 2.79. The van der Waals surface area contributed by atoms with E-state index in [2.05, 4.69) is 0 Å². The van der Waals surface area contributed by atoms with E-state index in [0.717, 1.165) is 19.3 Å². The molecule has 0 radical (unpaired) electrons. The molecule has 0 amide bonds. The van der Waals surface area contributed by atoms with Crippen LogP contribution in [0.3, 0.4) is 0 Å². The Labute approximate surface area is 98.1 Å². The molecular formula is C14H24O2. The van der Waals surface area contributed by atoms with E-state index in [1.54, 1.807) is 0 Å². The quantitative estimate of drug-likeness (QED) is 0.664. The Balaban J connectivity index is 1.68. The number of hydrogen-bond donors (Lipinski definition) is 2. The lowest BCUT2D eigenvalue weighted by Gasteiger charge is -2.45. The van der Waals surface area contributed by atoms with E-state index in [1.165, 1.54) is 44.9 Å². The first kappa shape index (κ1) is 11.0. The lowest BCUT2D eigenvalue weighted by atomic mass is 9.61. The van der Waals surface area contributed by atoms with Gasteiger partial charge in [0.1, 0.15) is 0 Å². The molecule has 3 saturated carbocycles. The maximum atomic E-state index is 10.1. The highest BCUT2D eigenvalue weighted by atomic mass is 16.3. The van der Waals surface area contributed by atoms with Gasteiger partial charge in [0.2, 0.25) is 0 Å². The Bertz CT molecular complexity index is 266. The molecule has 0 aromatic carbocycles. The monoisotopic (exact) mass is 224 g/mol. The topological polar surface area (TPSA) is 40.5 Å². The van der Waals surface area contributed by atoms with Crippen LogP contribution in [-0.2, 0) is 0 Å². The Morgan fingerprint density at radius 3 is 2.06 bits per heavy atom. The van der Waals surface area contributed by atoms with Crippen molar-refractivity contribution in [3.63, 3.8) is 0 Å². The molecule has 3 fully saturated rings. The molecule has 2 nitrogen and oxygen atoms in total. The smallest absolute Gasteiger partial charge is 0.0596 e.